The van der Waals surface area contributed by atoms with E-state index in [4.69, 9.17) is 11.6 Å². The Bertz CT molecular complexity index is 721. The van der Waals surface area contributed by atoms with E-state index >= 15 is 0 Å². The average Bonchev–Trinajstić information content (AvgIpc) is 2.37. The Hall–Kier alpha value is -1.33. The van der Waals surface area contributed by atoms with Crippen LogP contribution in [-0.4, -0.2) is 9.13 Å². The molecular formula is C13H12BrClN2O2. The predicted octanol–water partition coefficient (Wildman–Crippen LogP) is 2.49. The first-order valence-corrected chi connectivity index (χ1v) is 6.94. The molecule has 0 aliphatic rings. The standard InChI is InChI=1S/C13H12BrClN2O2/c1-2-16-6-5-12(18)17(13(16)19)8-9-3-4-10(14)7-11(9)15/h3-7H,2,8H2,1H3. The van der Waals surface area contributed by atoms with E-state index in [9.17, 15) is 9.59 Å². The van der Waals surface area contributed by atoms with Crippen LogP contribution in [0.2, 0.25) is 5.02 Å². The molecule has 6 heteroatoms. The summed E-state index contributed by atoms with van der Waals surface area (Å²) in [6, 6.07) is 6.75. The van der Waals surface area contributed by atoms with Crippen LogP contribution < -0.4 is 11.2 Å². The Morgan fingerprint density at radius 1 is 1.26 bits per heavy atom. The van der Waals surface area contributed by atoms with Gasteiger partial charge < -0.3 is 4.57 Å². The maximum atomic E-state index is 12.1. The summed E-state index contributed by atoms with van der Waals surface area (Å²) in [6.45, 7) is 2.54. The lowest BCUT2D eigenvalue weighted by Crippen LogP contribution is -2.39. The van der Waals surface area contributed by atoms with Crippen molar-refractivity contribution in [1.82, 2.24) is 9.13 Å². The van der Waals surface area contributed by atoms with Crippen LogP contribution in [0.4, 0.5) is 0 Å². The molecule has 2 aromatic rings. The first-order valence-electron chi connectivity index (χ1n) is 5.77. The number of aromatic nitrogens is 2. The molecule has 1 heterocycles. The molecule has 0 bridgehead atoms. The minimum absolute atomic E-state index is 0.171. The van der Waals surface area contributed by atoms with Crippen molar-refractivity contribution in [3.05, 3.63) is 66.4 Å². The van der Waals surface area contributed by atoms with Crippen molar-refractivity contribution in [3.8, 4) is 0 Å². The highest BCUT2D eigenvalue weighted by atomic mass is 79.9. The molecule has 0 saturated carbocycles. The van der Waals surface area contributed by atoms with Crippen LogP contribution in [0.3, 0.4) is 0 Å². The lowest BCUT2D eigenvalue weighted by Gasteiger charge is -2.09. The van der Waals surface area contributed by atoms with Crippen molar-refractivity contribution in [2.75, 3.05) is 0 Å². The van der Waals surface area contributed by atoms with Gasteiger partial charge in [0.05, 0.1) is 6.54 Å². The Labute approximate surface area is 123 Å². The predicted molar refractivity (Wildman–Crippen MR) is 78.9 cm³/mol. The zero-order valence-electron chi connectivity index (χ0n) is 10.3. The highest BCUT2D eigenvalue weighted by Crippen LogP contribution is 2.21. The van der Waals surface area contributed by atoms with Gasteiger partial charge in [-0.3, -0.25) is 9.36 Å². The second-order valence-corrected chi connectivity index (χ2v) is 5.37. The summed E-state index contributed by atoms with van der Waals surface area (Å²) in [7, 11) is 0. The van der Waals surface area contributed by atoms with Gasteiger partial charge in [0.15, 0.2) is 0 Å². The molecule has 0 aliphatic heterocycles. The van der Waals surface area contributed by atoms with E-state index in [2.05, 4.69) is 15.9 Å². The van der Waals surface area contributed by atoms with Gasteiger partial charge in [0.2, 0.25) is 0 Å². The summed E-state index contributed by atoms with van der Waals surface area (Å²) in [4.78, 5) is 23.9. The molecule has 0 spiro atoms. The summed E-state index contributed by atoms with van der Waals surface area (Å²) in [5.41, 5.74) is 0.0839. The maximum Gasteiger partial charge on any atom is 0.331 e. The second-order valence-electron chi connectivity index (χ2n) is 4.04. The van der Waals surface area contributed by atoms with Gasteiger partial charge >= 0.3 is 5.69 Å². The lowest BCUT2D eigenvalue weighted by atomic mass is 10.2. The quantitative estimate of drug-likeness (QED) is 0.859. The van der Waals surface area contributed by atoms with Crippen molar-refractivity contribution < 1.29 is 0 Å². The Morgan fingerprint density at radius 3 is 2.63 bits per heavy atom. The van der Waals surface area contributed by atoms with Gasteiger partial charge in [-0.15, -0.1) is 0 Å². The van der Waals surface area contributed by atoms with Gasteiger partial charge in [-0.05, 0) is 24.6 Å². The minimum atomic E-state index is -0.325. The Kier molecular flexibility index (Phi) is 4.27. The first kappa shape index (κ1) is 14.1. The number of rotatable bonds is 3. The lowest BCUT2D eigenvalue weighted by molar-refractivity contribution is 0.600. The topological polar surface area (TPSA) is 44.0 Å². The van der Waals surface area contributed by atoms with Crippen LogP contribution in [0, 0.1) is 0 Å². The van der Waals surface area contributed by atoms with Crippen molar-refractivity contribution in [2.24, 2.45) is 0 Å². The monoisotopic (exact) mass is 342 g/mol. The molecule has 1 aromatic heterocycles. The molecule has 0 radical (unpaired) electrons. The summed E-state index contributed by atoms with van der Waals surface area (Å²) >= 11 is 9.42. The SMILES string of the molecule is CCn1ccc(=O)n(Cc2ccc(Br)cc2Cl)c1=O. The van der Waals surface area contributed by atoms with E-state index in [0.717, 1.165) is 10.0 Å². The fourth-order valence-electron chi connectivity index (χ4n) is 1.76. The van der Waals surface area contributed by atoms with E-state index in [0.29, 0.717) is 11.6 Å². The second kappa shape index (κ2) is 5.75. The number of aryl methyl sites for hydroxylation is 1. The van der Waals surface area contributed by atoms with Crippen molar-refractivity contribution in [3.63, 3.8) is 0 Å². The van der Waals surface area contributed by atoms with Crippen LogP contribution in [0.5, 0.6) is 0 Å². The summed E-state index contributed by atoms with van der Waals surface area (Å²) < 4.78 is 3.51. The normalized spacial score (nSPS) is 10.7. The molecule has 100 valence electrons. The Morgan fingerprint density at radius 2 is 2.00 bits per heavy atom. The zero-order valence-corrected chi connectivity index (χ0v) is 12.6. The fourth-order valence-corrected chi connectivity index (χ4v) is 2.50. The molecule has 1 aromatic carbocycles. The minimum Gasteiger partial charge on any atom is -0.301 e. The van der Waals surface area contributed by atoms with Crippen LogP contribution in [0.25, 0.3) is 0 Å². The molecule has 4 nitrogen and oxygen atoms in total. The smallest absolute Gasteiger partial charge is 0.301 e. The van der Waals surface area contributed by atoms with Crippen molar-refractivity contribution in [2.45, 2.75) is 20.0 Å². The molecule has 0 aliphatic carbocycles. The number of halogens is 2. The third kappa shape index (κ3) is 2.98. The zero-order chi connectivity index (χ0) is 14.0. The molecule has 2 rings (SSSR count). The Balaban J connectivity index is 2.49. The number of nitrogens with zero attached hydrogens (tertiary/aromatic N) is 2. The fraction of sp³-hybridized carbons (Fsp3) is 0.231. The van der Waals surface area contributed by atoms with Crippen LogP contribution >= 0.6 is 27.5 Å². The van der Waals surface area contributed by atoms with Gasteiger partial charge in [0, 0.05) is 28.3 Å². The first-order chi connectivity index (χ1) is 9.02. The largest absolute Gasteiger partial charge is 0.331 e. The van der Waals surface area contributed by atoms with Gasteiger partial charge in [-0.25, -0.2) is 4.79 Å². The highest BCUT2D eigenvalue weighted by molar-refractivity contribution is 9.10. The van der Waals surface area contributed by atoms with Gasteiger partial charge in [-0.2, -0.15) is 0 Å². The van der Waals surface area contributed by atoms with E-state index in [1.165, 1.54) is 21.4 Å². The van der Waals surface area contributed by atoms with Crippen LogP contribution in [-0.2, 0) is 13.1 Å². The molecular weight excluding hydrogens is 332 g/mol. The molecule has 0 amide bonds. The summed E-state index contributed by atoms with van der Waals surface area (Å²) in [5, 5.41) is 0.521. The summed E-state index contributed by atoms with van der Waals surface area (Å²) in [6.07, 6.45) is 1.50. The number of benzene rings is 1. The third-order valence-corrected chi connectivity index (χ3v) is 3.67. The van der Waals surface area contributed by atoms with Crippen LogP contribution in [0.15, 0.2) is 44.5 Å². The average molecular weight is 344 g/mol. The third-order valence-electron chi connectivity index (χ3n) is 2.82. The highest BCUT2D eigenvalue weighted by Gasteiger charge is 2.08. The maximum absolute atomic E-state index is 12.1. The molecule has 0 saturated heterocycles. The van der Waals surface area contributed by atoms with E-state index in [1.54, 1.807) is 12.1 Å². The molecule has 19 heavy (non-hydrogen) atoms. The number of hydrogen-bond acceptors (Lipinski definition) is 2. The van der Waals surface area contributed by atoms with Crippen molar-refractivity contribution >= 4 is 27.5 Å². The molecule has 0 N–H and O–H groups in total. The molecule has 0 unspecified atom stereocenters. The van der Waals surface area contributed by atoms with Crippen molar-refractivity contribution in [1.29, 1.82) is 0 Å². The van der Waals surface area contributed by atoms with Gasteiger partial charge in [-0.1, -0.05) is 33.6 Å². The van der Waals surface area contributed by atoms with E-state index in [1.807, 2.05) is 13.0 Å². The van der Waals surface area contributed by atoms with Gasteiger partial charge in [0.25, 0.3) is 5.56 Å². The molecule has 0 fully saturated rings. The molecule has 0 atom stereocenters. The van der Waals surface area contributed by atoms with E-state index < -0.39 is 0 Å². The van der Waals surface area contributed by atoms with E-state index in [-0.39, 0.29) is 17.8 Å². The number of hydrogen-bond donors (Lipinski definition) is 0. The summed E-state index contributed by atoms with van der Waals surface area (Å²) in [5.74, 6) is 0. The van der Waals surface area contributed by atoms with Crippen LogP contribution in [0.1, 0.15) is 12.5 Å². The van der Waals surface area contributed by atoms with Gasteiger partial charge in [0.1, 0.15) is 0 Å².